The van der Waals surface area contributed by atoms with Crippen molar-refractivity contribution in [2.45, 2.75) is 26.7 Å². The summed E-state index contributed by atoms with van der Waals surface area (Å²) in [5.74, 6) is 0.103. The molecular weight excluding hydrogens is 207 g/mol. The van der Waals surface area contributed by atoms with Crippen molar-refractivity contribution < 1.29 is 35.7 Å². The maximum absolute atomic E-state index is 10.3. The fraction of sp³-hybridized carbons (Fsp3) is 0.857. The van der Waals surface area contributed by atoms with Crippen LogP contribution in [-0.2, 0) is 35.7 Å². The molecule has 0 aromatic rings. The average molecular weight is 221 g/mol. The quantitative estimate of drug-likeness (QED) is 0.656. The molecule has 0 atom stereocenters. The molecule has 0 radical (unpaired) electrons. The summed E-state index contributed by atoms with van der Waals surface area (Å²) in [6.07, 6.45) is 2.17. The molecule has 0 N–H and O–H groups in total. The molecule has 0 heterocycles. The third-order valence-corrected chi connectivity index (χ3v) is 0.948. The van der Waals surface area contributed by atoms with Gasteiger partial charge in [0.05, 0.1) is 0 Å². The number of hydrogen-bond donors (Lipinski definition) is 0. The zero-order chi connectivity index (χ0) is 7.11. The minimum atomic E-state index is 0. The summed E-state index contributed by atoms with van der Waals surface area (Å²) in [6.45, 7) is 4.62. The monoisotopic (exact) mass is 220 g/mol. The number of hydrogen-bond acceptors (Lipinski definition) is 2. The first-order valence-corrected chi connectivity index (χ1v) is 3.34. The Morgan fingerprint density at radius 3 is 2.50 bits per heavy atom. The van der Waals surface area contributed by atoms with Gasteiger partial charge in [-0.2, -0.15) is 0 Å². The minimum absolute atomic E-state index is 0. The van der Waals surface area contributed by atoms with E-state index in [-0.39, 0.29) is 38.6 Å². The molecule has 0 aliphatic heterocycles. The Balaban J connectivity index is 0. The van der Waals surface area contributed by atoms with Crippen molar-refractivity contribution in [1.29, 1.82) is 0 Å². The topological polar surface area (TPSA) is 26.3 Å². The van der Waals surface area contributed by atoms with Gasteiger partial charge >= 0.3 is 0 Å². The minimum Gasteiger partial charge on any atom is -0.374 e. The van der Waals surface area contributed by atoms with Gasteiger partial charge in [-0.3, -0.25) is 4.79 Å². The molecule has 0 spiro atoms. The van der Waals surface area contributed by atoms with Gasteiger partial charge < -0.3 is 4.74 Å². The molecule has 2 nitrogen and oxygen atoms in total. The number of ether oxygens (including phenoxy) is 1. The van der Waals surface area contributed by atoms with Crippen LogP contribution >= 0.6 is 0 Å². The molecule has 0 aromatic heterocycles. The van der Waals surface area contributed by atoms with Crippen LogP contribution in [0.25, 0.3) is 0 Å². The molecule has 3 heteroatoms. The van der Waals surface area contributed by atoms with E-state index < -0.39 is 0 Å². The molecule has 0 amide bonds. The van der Waals surface area contributed by atoms with Crippen LogP contribution in [0, 0.1) is 0 Å². The van der Waals surface area contributed by atoms with E-state index in [9.17, 15) is 4.79 Å². The third kappa shape index (κ3) is 11.3. The van der Waals surface area contributed by atoms with Gasteiger partial charge in [-0.1, -0.05) is 13.3 Å². The van der Waals surface area contributed by atoms with Gasteiger partial charge in [0.15, 0.2) is 5.78 Å². The molecule has 0 aromatic carbocycles. The Morgan fingerprint density at radius 2 is 2.10 bits per heavy atom. The molecule has 0 aliphatic rings. The third-order valence-electron chi connectivity index (χ3n) is 0.948. The van der Waals surface area contributed by atoms with Crippen LogP contribution in [0.2, 0.25) is 0 Å². The molecule has 0 unspecified atom stereocenters. The van der Waals surface area contributed by atoms with Gasteiger partial charge in [-0.05, 0) is 13.3 Å². The summed E-state index contributed by atoms with van der Waals surface area (Å²) in [7, 11) is 0. The first-order valence-electron chi connectivity index (χ1n) is 3.34. The number of carbonyl (C=O) groups is 1. The normalized spacial score (nSPS) is 8.60. The van der Waals surface area contributed by atoms with E-state index >= 15 is 0 Å². The molecular formula is C7H14O2Zr. The zero-order valence-corrected chi connectivity index (χ0v) is 9.10. The second-order valence-electron chi connectivity index (χ2n) is 2.11. The van der Waals surface area contributed by atoms with Gasteiger partial charge in [0.1, 0.15) is 6.61 Å². The Labute approximate surface area is 81.5 Å². The van der Waals surface area contributed by atoms with Crippen LogP contribution < -0.4 is 0 Å². The average Bonchev–Trinajstić information content (AvgIpc) is 1.80. The fourth-order valence-corrected chi connectivity index (χ4v) is 0.462. The SMILES string of the molecule is CCCCOCC(C)=O.[Zr]. The molecule has 0 aliphatic carbocycles. The van der Waals surface area contributed by atoms with Crippen LogP contribution in [0.1, 0.15) is 26.7 Å². The fourth-order valence-electron chi connectivity index (χ4n) is 0.462. The standard InChI is InChI=1S/C7H14O2.Zr/c1-3-4-5-9-6-7(2)8;/h3-6H2,1-2H3;. The number of ketones is 1. The first-order chi connectivity index (χ1) is 4.27. The van der Waals surface area contributed by atoms with E-state index in [1.54, 1.807) is 0 Å². The first kappa shape index (κ1) is 13.1. The van der Waals surface area contributed by atoms with Gasteiger partial charge in [0.2, 0.25) is 0 Å². The zero-order valence-electron chi connectivity index (χ0n) is 6.64. The Morgan fingerprint density at radius 1 is 1.50 bits per heavy atom. The molecule has 0 rings (SSSR count). The van der Waals surface area contributed by atoms with Crippen molar-refractivity contribution in [2.75, 3.05) is 13.2 Å². The maximum Gasteiger partial charge on any atom is 0.155 e. The van der Waals surface area contributed by atoms with E-state index in [4.69, 9.17) is 4.74 Å². The summed E-state index contributed by atoms with van der Waals surface area (Å²) < 4.78 is 4.99. The molecule has 0 fully saturated rings. The molecule has 0 saturated carbocycles. The molecule has 10 heavy (non-hydrogen) atoms. The smallest absolute Gasteiger partial charge is 0.155 e. The second kappa shape index (κ2) is 9.51. The van der Waals surface area contributed by atoms with Crippen molar-refractivity contribution in [1.82, 2.24) is 0 Å². The van der Waals surface area contributed by atoms with E-state index in [1.165, 1.54) is 6.92 Å². The van der Waals surface area contributed by atoms with E-state index in [0.29, 0.717) is 0 Å². The van der Waals surface area contributed by atoms with Crippen molar-refractivity contribution >= 4 is 5.78 Å². The summed E-state index contributed by atoms with van der Waals surface area (Å²) in [5.41, 5.74) is 0. The summed E-state index contributed by atoms with van der Waals surface area (Å²) >= 11 is 0. The van der Waals surface area contributed by atoms with Crippen molar-refractivity contribution in [3.8, 4) is 0 Å². The predicted octanol–water partition coefficient (Wildman–Crippen LogP) is 1.39. The molecule has 0 saturated heterocycles. The molecule has 58 valence electrons. The summed E-state index contributed by atoms with van der Waals surface area (Å²) in [5, 5.41) is 0. The van der Waals surface area contributed by atoms with Gasteiger partial charge in [-0.25, -0.2) is 0 Å². The van der Waals surface area contributed by atoms with Crippen LogP contribution in [0.3, 0.4) is 0 Å². The van der Waals surface area contributed by atoms with Gasteiger partial charge in [0, 0.05) is 32.8 Å². The van der Waals surface area contributed by atoms with Crippen molar-refractivity contribution in [3.05, 3.63) is 0 Å². The van der Waals surface area contributed by atoms with E-state index in [2.05, 4.69) is 6.92 Å². The van der Waals surface area contributed by atoms with Gasteiger partial charge in [-0.15, -0.1) is 0 Å². The van der Waals surface area contributed by atoms with Crippen LogP contribution in [0.15, 0.2) is 0 Å². The van der Waals surface area contributed by atoms with Crippen LogP contribution in [-0.4, -0.2) is 19.0 Å². The molecule has 0 bridgehead atoms. The number of carbonyl (C=O) groups excluding carboxylic acids is 1. The maximum atomic E-state index is 10.3. The van der Waals surface area contributed by atoms with E-state index in [0.717, 1.165) is 19.4 Å². The van der Waals surface area contributed by atoms with Gasteiger partial charge in [0.25, 0.3) is 0 Å². The van der Waals surface area contributed by atoms with Crippen LogP contribution in [0.5, 0.6) is 0 Å². The Hall–Kier alpha value is 0.513. The van der Waals surface area contributed by atoms with Crippen molar-refractivity contribution in [2.24, 2.45) is 0 Å². The number of unbranched alkanes of at least 4 members (excludes halogenated alkanes) is 1. The van der Waals surface area contributed by atoms with Crippen LogP contribution in [0.4, 0.5) is 0 Å². The number of rotatable bonds is 5. The largest absolute Gasteiger partial charge is 0.374 e. The summed E-state index contributed by atoms with van der Waals surface area (Å²) in [4.78, 5) is 10.3. The Bertz CT molecular complexity index is 83.7. The predicted molar refractivity (Wildman–Crippen MR) is 36.4 cm³/mol. The second-order valence-corrected chi connectivity index (χ2v) is 2.11. The Kier molecular flexibility index (Phi) is 12.5. The van der Waals surface area contributed by atoms with E-state index in [1.807, 2.05) is 0 Å². The van der Waals surface area contributed by atoms with Crippen molar-refractivity contribution in [3.63, 3.8) is 0 Å². The summed E-state index contributed by atoms with van der Waals surface area (Å²) in [6, 6.07) is 0. The number of Topliss-reactive ketones (excluding diaryl/α,β-unsaturated/α-hetero) is 1.